The summed E-state index contributed by atoms with van der Waals surface area (Å²) in [6.45, 7) is 15.2. The van der Waals surface area contributed by atoms with Crippen LogP contribution in [0.5, 0.6) is 0 Å². The first-order valence-corrected chi connectivity index (χ1v) is 11.7. The molecule has 0 atom stereocenters. The van der Waals surface area contributed by atoms with Crippen LogP contribution in [0.2, 0.25) is 0 Å². The summed E-state index contributed by atoms with van der Waals surface area (Å²) in [6.07, 6.45) is 0.993. The number of thiocarbonyl (C=S) groups is 1. The smallest absolute Gasteiger partial charge is 0.253 e. The van der Waals surface area contributed by atoms with Gasteiger partial charge in [-0.05, 0) is 55.6 Å². The van der Waals surface area contributed by atoms with Crippen LogP contribution in [0.1, 0.15) is 37.0 Å². The van der Waals surface area contributed by atoms with Crippen molar-refractivity contribution in [3.8, 4) is 0 Å². The van der Waals surface area contributed by atoms with Crippen molar-refractivity contribution in [2.75, 3.05) is 45.9 Å². The Bertz CT molecular complexity index is 950. The SMILES string of the molecule is Cc1ccc(C)c2[nH]c(=O)c(CN(CCCN3CCOCC3)C(=S)NCC(C)C)cc12. The van der Waals surface area contributed by atoms with Gasteiger partial charge in [-0.25, -0.2) is 0 Å². The minimum absolute atomic E-state index is 0.0361. The topological polar surface area (TPSA) is 60.6 Å². The van der Waals surface area contributed by atoms with Gasteiger partial charge in [0.1, 0.15) is 0 Å². The fraction of sp³-hybridized carbons (Fsp3) is 0.583. The number of aromatic amines is 1. The number of morpholine rings is 1. The molecule has 7 heteroatoms. The summed E-state index contributed by atoms with van der Waals surface area (Å²) in [5.41, 5.74) is 3.89. The van der Waals surface area contributed by atoms with Gasteiger partial charge in [0, 0.05) is 43.7 Å². The van der Waals surface area contributed by atoms with Gasteiger partial charge in [0.15, 0.2) is 5.11 Å². The molecule has 1 aromatic heterocycles. The third-order valence-electron chi connectivity index (χ3n) is 5.84. The maximum Gasteiger partial charge on any atom is 0.253 e. The van der Waals surface area contributed by atoms with E-state index in [1.807, 2.05) is 13.0 Å². The lowest BCUT2D eigenvalue weighted by Crippen LogP contribution is -2.43. The normalized spacial score (nSPS) is 14.9. The number of ether oxygens (including phenoxy) is 1. The predicted octanol–water partition coefficient (Wildman–Crippen LogP) is 3.20. The van der Waals surface area contributed by atoms with Gasteiger partial charge in [0.25, 0.3) is 5.56 Å². The van der Waals surface area contributed by atoms with Crippen LogP contribution in [0.25, 0.3) is 10.9 Å². The Morgan fingerprint density at radius 1 is 1.26 bits per heavy atom. The van der Waals surface area contributed by atoms with E-state index < -0.39 is 0 Å². The van der Waals surface area contributed by atoms with Crippen LogP contribution in [-0.4, -0.2) is 65.8 Å². The van der Waals surface area contributed by atoms with E-state index in [1.165, 1.54) is 0 Å². The van der Waals surface area contributed by atoms with Crippen LogP contribution >= 0.6 is 12.2 Å². The van der Waals surface area contributed by atoms with Crippen molar-refractivity contribution in [1.29, 1.82) is 0 Å². The molecule has 0 radical (unpaired) electrons. The standard InChI is InChI=1S/C24H36N4O2S/c1-17(2)15-25-24(31)28(9-5-8-27-10-12-30-13-11-27)16-20-14-21-18(3)6-7-19(4)22(21)26-23(20)29/h6-7,14,17H,5,8-13,15-16H2,1-4H3,(H,25,31)(H,26,29). The Morgan fingerprint density at radius 3 is 2.68 bits per heavy atom. The van der Waals surface area contributed by atoms with E-state index in [4.69, 9.17) is 17.0 Å². The molecule has 0 spiro atoms. The predicted molar refractivity (Wildman–Crippen MR) is 132 cm³/mol. The Balaban J connectivity index is 1.76. The van der Waals surface area contributed by atoms with Gasteiger partial charge in [0.05, 0.1) is 25.3 Å². The number of fused-ring (bicyclic) bond motifs is 1. The van der Waals surface area contributed by atoms with Crippen molar-refractivity contribution < 1.29 is 4.74 Å². The minimum atomic E-state index is -0.0361. The number of aromatic nitrogens is 1. The first-order valence-electron chi connectivity index (χ1n) is 11.3. The summed E-state index contributed by atoms with van der Waals surface area (Å²) >= 11 is 5.72. The number of H-pyrrole nitrogens is 1. The molecule has 0 aliphatic carbocycles. The van der Waals surface area contributed by atoms with E-state index in [-0.39, 0.29) is 5.56 Å². The zero-order chi connectivity index (χ0) is 22.4. The number of hydrogen-bond acceptors (Lipinski definition) is 4. The molecule has 1 aromatic carbocycles. The van der Waals surface area contributed by atoms with Crippen molar-refractivity contribution in [2.24, 2.45) is 5.92 Å². The van der Waals surface area contributed by atoms with E-state index in [2.05, 4.69) is 53.0 Å². The van der Waals surface area contributed by atoms with Crippen LogP contribution in [0.4, 0.5) is 0 Å². The summed E-state index contributed by atoms with van der Waals surface area (Å²) in [4.78, 5) is 20.5. The van der Waals surface area contributed by atoms with Crippen LogP contribution in [0.15, 0.2) is 23.0 Å². The highest BCUT2D eigenvalue weighted by atomic mass is 32.1. The molecule has 0 saturated carbocycles. The fourth-order valence-electron chi connectivity index (χ4n) is 3.91. The average Bonchev–Trinajstić information content (AvgIpc) is 2.75. The second-order valence-corrected chi connectivity index (χ2v) is 9.31. The van der Waals surface area contributed by atoms with Gasteiger partial charge in [-0.2, -0.15) is 0 Å². The van der Waals surface area contributed by atoms with Crippen LogP contribution in [0, 0.1) is 19.8 Å². The maximum atomic E-state index is 12.9. The zero-order valence-corrected chi connectivity index (χ0v) is 20.1. The number of hydrogen-bond donors (Lipinski definition) is 2. The highest BCUT2D eigenvalue weighted by Gasteiger charge is 2.16. The number of nitrogens with zero attached hydrogens (tertiary/aromatic N) is 2. The van der Waals surface area contributed by atoms with Gasteiger partial charge in [-0.1, -0.05) is 26.0 Å². The molecule has 0 unspecified atom stereocenters. The monoisotopic (exact) mass is 444 g/mol. The third kappa shape index (κ3) is 6.51. The zero-order valence-electron chi connectivity index (χ0n) is 19.3. The molecule has 2 aromatic rings. The van der Waals surface area contributed by atoms with Crippen LogP contribution in [0.3, 0.4) is 0 Å². The first kappa shape index (κ1) is 23.7. The molecule has 1 aliphatic heterocycles. The summed E-state index contributed by atoms with van der Waals surface area (Å²) in [5.74, 6) is 0.503. The van der Waals surface area contributed by atoms with Gasteiger partial charge in [-0.15, -0.1) is 0 Å². The van der Waals surface area contributed by atoms with E-state index in [1.54, 1.807) is 0 Å². The summed E-state index contributed by atoms with van der Waals surface area (Å²) in [7, 11) is 0. The second-order valence-electron chi connectivity index (χ2n) is 8.92. The van der Waals surface area contributed by atoms with Crippen molar-refractivity contribution in [3.63, 3.8) is 0 Å². The van der Waals surface area contributed by atoms with Gasteiger partial charge in [0.2, 0.25) is 0 Å². The molecule has 170 valence electrons. The molecule has 0 bridgehead atoms. The number of pyridine rings is 1. The van der Waals surface area contributed by atoms with Crippen molar-refractivity contribution in [3.05, 3.63) is 45.2 Å². The Labute approximate surface area is 191 Å². The molecule has 1 aliphatic rings. The van der Waals surface area contributed by atoms with E-state index >= 15 is 0 Å². The van der Waals surface area contributed by atoms with E-state index in [9.17, 15) is 4.79 Å². The lowest BCUT2D eigenvalue weighted by atomic mass is 10.0. The molecule has 1 fully saturated rings. The summed E-state index contributed by atoms with van der Waals surface area (Å²) in [6, 6.07) is 6.20. The molecule has 6 nitrogen and oxygen atoms in total. The molecule has 1 saturated heterocycles. The fourth-order valence-corrected chi connectivity index (χ4v) is 4.15. The summed E-state index contributed by atoms with van der Waals surface area (Å²) in [5, 5.41) is 5.20. The van der Waals surface area contributed by atoms with Gasteiger partial charge >= 0.3 is 0 Å². The lowest BCUT2D eigenvalue weighted by molar-refractivity contribution is 0.0367. The number of benzene rings is 1. The molecule has 31 heavy (non-hydrogen) atoms. The largest absolute Gasteiger partial charge is 0.379 e. The molecule has 2 heterocycles. The quantitative estimate of drug-likeness (QED) is 0.610. The Morgan fingerprint density at radius 2 is 1.97 bits per heavy atom. The number of aryl methyl sites for hydroxylation is 2. The van der Waals surface area contributed by atoms with Crippen molar-refractivity contribution in [1.82, 2.24) is 20.1 Å². The molecule has 0 amide bonds. The van der Waals surface area contributed by atoms with Gasteiger partial charge < -0.3 is 19.9 Å². The summed E-state index contributed by atoms with van der Waals surface area (Å²) < 4.78 is 5.44. The lowest BCUT2D eigenvalue weighted by Gasteiger charge is -2.30. The highest BCUT2D eigenvalue weighted by molar-refractivity contribution is 7.80. The second kappa shape index (κ2) is 11.1. The molecule has 3 rings (SSSR count). The minimum Gasteiger partial charge on any atom is -0.379 e. The number of rotatable bonds is 8. The van der Waals surface area contributed by atoms with E-state index in [0.717, 1.165) is 85.1 Å². The molecular formula is C24H36N4O2S. The molecular weight excluding hydrogens is 408 g/mol. The van der Waals surface area contributed by atoms with E-state index in [0.29, 0.717) is 12.5 Å². The Kier molecular flexibility index (Phi) is 8.46. The van der Waals surface area contributed by atoms with Crippen LogP contribution < -0.4 is 10.9 Å². The first-order chi connectivity index (χ1) is 14.8. The van der Waals surface area contributed by atoms with Gasteiger partial charge in [-0.3, -0.25) is 9.69 Å². The average molecular weight is 445 g/mol. The molecule has 2 N–H and O–H groups in total. The highest BCUT2D eigenvalue weighted by Crippen LogP contribution is 2.20. The van der Waals surface area contributed by atoms with Crippen molar-refractivity contribution >= 4 is 28.2 Å². The van der Waals surface area contributed by atoms with Crippen LogP contribution in [-0.2, 0) is 11.3 Å². The maximum absolute atomic E-state index is 12.9. The number of nitrogens with one attached hydrogen (secondary N) is 2. The Hall–Kier alpha value is -1.96. The third-order valence-corrected chi connectivity index (χ3v) is 6.24. The van der Waals surface area contributed by atoms with Crippen molar-refractivity contribution in [2.45, 2.75) is 40.7 Å².